The van der Waals surface area contributed by atoms with Crippen molar-refractivity contribution < 1.29 is 4.42 Å². The molecule has 0 spiro atoms. The predicted octanol–water partition coefficient (Wildman–Crippen LogP) is -1.77. The smallest absolute Gasteiger partial charge is 0.238 e. The minimum Gasteiger partial charge on any atom is -0.443 e. The first-order valence-electron chi connectivity index (χ1n) is 19.4. The van der Waals surface area contributed by atoms with Crippen LogP contribution in [-0.2, 0) is 5.41 Å². The molecule has 3 heterocycles. The third-order valence-corrected chi connectivity index (χ3v) is 12.9. The van der Waals surface area contributed by atoms with Gasteiger partial charge in [-0.1, -0.05) is 125 Å². The third kappa shape index (κ3) is 4.73. The van der Waals surface area contributed by atoms with Crippen LogP contribution in [0.3, 0.4) is 0 Å². The van der Waals surface area contributed by atoms with E-state index < -0.39 is 0 Å². The summed E-state index contributed by atoms with van der Waals surface area (Å²) >= 11 is 0. The number of hydrogen-bond acceptors (Lipinski definition) is 5. The van der Waals surface area contributed by atoms with Gasteiger partial charge >= 0.3 is 0 Å². The molecule has 1 aliphatic rings. The second-order valence-electron chi connectivity index (χ2n) is 16.1. The van der Waals surface area contributed by atoms with E-state index in [1.807, 2.05) is 36.4 Å². The van der Waals surface area contributed by atoms with Crippen molar-refractivity contribution in [2.24, 2.45) is 0 Å². The summed E-state index contributed by atoms with van der Waals surface area (Å²) in [6.07, 6.45) is 1.56. The topological polar surface area (TPSA) is 69.6 Å². The molecule has 9 aromatic rings. The molecule has 0 bridgehead atoms. The molecule has 3 aromatic heterocycles. The Labute approximate surface area is 332 Å². The van der Waals surface area contributed by atoms with Gasteiger partial charge in [0.1, 0.15) is 60.4 Å². The Bertz CT molecular complexity index is 3080. The molecule has 0 fully saturated rings. The van der Waals surface area contributed by atoms with E-state index in [1.165, 1.54) is 76.8 Å². The fraction of sp³-hybridized carbons (Fsp3) is 0.0698. The van der Waals surface area contributed by atoms with E-state index in [1.54, 1.807) is 6.39 Å². The Morgan fingerprint density at radius 3 is 1.75 bits per heavy atom. The largest absolute Gasteiger partial charge is 0.443 e. The second kappa shape index (κ2) is 12.3. The summed E-state index contributed by atoms with van der Waals surface area (Å²) in [4.78, 5) is 20.2. The number of aromatic nitrogens is 5. The van der Waals surface area contributed by atoms with Crippen molar-refractivity contribution in [3.63, 3.8) is 0 Å². The summed E-state index contributed by atoms with van der Waals surface area (Å²) in [5, 5.41) is 2.49. The molecule has 0 N–H and O–H groups in total. The van der Waals surface area contributed by atoms with Crippen LogP contribution < -0.4 is 38.2 Å². The quantitative estimate of drug-likeness (QED) is 0.202. The average molecular weight is 714 g/mol. The first-order valence-corrected chi connectivity index (χ1v) is 19.4. The molecule has 0 aliphatic heterocycles. The summed E-state index contributed by atoms with van der Waals surface area (Å²) in [6.45, 7) is 4.62. The first-order chi connectivity index (χ1) is 27.0. The number of benzene rings is 6. The van der Waals surface area contributed by atoms with Gasteiger partial charge in [-0.25, -0.2) is 9.97 Å². The maximum atomic E-state index is 6.06. The molecule has 10 rings (SSSR count). The summed E-state index contributed by atoms with van der Waals surface area (Å²) in [7, 11) is 15.9. The Balaban J connectivity index is 1.31. The van der Waals surface area contributed by atoms with Crippen LogP contribution in [0.1, 0.15) is 25.0 Å². The zero-order valence-electron chi connectivity index (χ0n) is 33.4. The zero-order chi connectivity index (χ0) is 38.8. The van der Waals surface area contributed by atoms with Gasteiger partial charge in [0.15, 0.2) is 23.6 Å². The molecule has 1 aliphatic carbocycles. The highest BCUT2D eigenvalue weighted by Crippen LogP contribution is 2.52. The van der Waals surface area contributed by atoms with E-state index in [2.05, 4.69) is 133 Å². The molecular weight excluding hydrogens is 678 g/mol. The van der Waals surface area contributed by atoms with Crippen LogP contribution in [0.2, 0.25) is 0 Å². The zero-order valence-corrected chi connectivity index (χ0v) is 33.4. The van der Waals surface area contributed by atoms with Crippen LogP contribution >= 0.6 is 0 Å². The van der Waals surface area contributed by atoms with Gasteiger partial charge in [-0.3, -0.25) is 4.57 Å². The fourth-order valence-corrected chi connectivity index (χ4v) is 9.56. The second-order valence-corrected chi connectivity index (χ2v) is 16.1. The molecule has 6 aromatic carbocycles. The van der Waals surface area contributed by atoms with Crippen LogP contribution in [-0.4, -0.2) is 79.4 Å². The third-order valence-electron chi connectivity index (χ3n) is 12.9. The molecule has 260 valence electrons. The molecule has 0 saturated carbocycles. The Morgan fingerprint density at radius 2 is 1.11 bits per heavy atom. The average Bonchev–Trinajstić information content (AvgIpc) is 3.91. The van der Waals surface area contributed by atoms with Crippen molar-refractivity contribution in [2.75, 3.05) is 0 Å². The van der Waals surface area contributed by atoms with E-state index in [-0.39, 0.29) is 5.41 Å². The van der Waals surface area contributed by atoms with E-state index in [0.29, 0.717) is 17.6 Å². The molecule has 6 nitrogen and oxygen atoms in total. The van der Waals surface area contributed by atoms with Crippen LogP contribution in [0.5, 0.6) is 0 Å². The van der Waals surface area contributed by atoms with Gasteiger partial charge in [0, 0.05) is 38.5 Å². The lowest BCUT2D eigenvalue weighted by atomic mass is 9.64. The number of nitrogens with zero attached hydrogens (tertiary/aromatic N) is 5. The van der Waals surface area contributed by atoms with E-state index in [4.69, 9.17) is 19.4 Å². The number of rotatable bonds is 4. The molecule has 0 saturated heterocycles. The van der Waals surface area contributed by atoms with Gasteiger partial charge < -0.3 is 4.42 Å². The summed E-state index contributed by atoms with van der Waals surface area (Å²) in [6, 6.07) is 31.8. The van der Waals surface area contributed by atoms with Crippen LogP contribution in [0.25, 0.3) is 83.9 Å². The van der Waals surface area contributed by atoms with E-state index in [9.17, 15) is 0 Å². The summed E-state index contributed by atoms with van der Waals surface area (Å²) in [5.74, 6) is 1.91. The Morgan fingerprint density at radius 1 is 0.536 bits per heavy atom. The fourth-order valence-electron chi connectivity index (χ4n) is 9.56. The molecule has 13 heteroatoms. The standard InChI is InChI=1S/C43H36B7N5O/c1-43(2)23-14-13-21(17-22(23)27-24(43)15-16-25-39(27)56-18-51-25)26-30(44)28-29-32(46)33(47)34(48)36(50)38(29)55(37(28)35(49)31(26)45)42-53-40(19-9-5-3-6-10-19)52-41(54-42)20-11-7-4-8-12-20/h3-18H,44-50H2,1-2H3. The normalized spacial score (nSPS) is 13.1. The number of oxazole rings is 1. The lowest BCUT2D eigenvalue weighted by molar-refractivity contribution is 0.601. The molecule has 0 amide bonds. The molecule has 56 heavy (non-hydrogen) atoms. The van der Waals surface area contributed by atoms with Crippen molar-refractivity contribution in [2.45, 2.75) is 19.3 Å². The Hall–Kier alpha value is -5.95. The monoisotopic (exact) mass is 715 g/mol. The number of fused-ring (bicyclic) bond motifs is 8. The molecule has 0 atom stereocenters. The molecule has 0 radical (unpaired) electrons. The first kappa shape index (κ1) is 34.5. The molecule has 0 unspecified atom stereocenters. The van der Waals surface area contributed by atoms with Crippen LogP contribution in [0, 0.1) is 0 Å². The van der Waals surface area contributed by atoms with Gasteiger partial charge in [-0.15, -0.1) is 5.46 Å². The van der Waals surface area contributed by atoms with Crippen molar-refractivity contribution in [1.29, 1.82) is 0 Å². The van der Waals surface area contributed by atoms with Crippen LogP contribution in [0.15, 0.2) is 102 Å². The van der Waals surface area contributed by atoms with Gasteiger partial charge in [-0.05, 0) is 45.3 Å². The van der Waals surface area contributed by atoms with Crippen molar-refractivity contribution in [3.05, 3.63) is 109 Å². The highest BCUT2D eigenvalue weighted by molar-refractivity contribution is 6.69. The van der Waals surface area contributed by atoms with Crippen molar-refractivity contribution >= 4 is 126 Å². The highest BCUT2D eigenvalue weighted by Gasteiger charge is 2.38. The maximum absolute atomic E-state index is 6.06. The van der Waals surface area contributed by atoms with Gasteiger partial charge in [0.05, 0.1) is 0 Å². The van der Waals surface area contributed by atoms with Gasteiger partial charge in [0.25, 0.3) is 0 Å². The van der Waals surface area contributed by atoms with Gasteiger partial charge in [0.2, 0.25) is 5.95 Å². The van der Waals surface area contributed by atoms with Crippen molar-refractivity contribution in [3.8, 4) is 51.0 Å². The maximum Gasteiger partial charge on any atom is 0.238 e. The van der Waals surface area contributed by atoms with Crippen LogP contribution in [0.4, 0.5) is 0 Å². The Kier molecular flexibility index (Phi) is 7.57. The SMILES string of the molecule is Bc1c(B)c(B)c2c(c1B)c1c(B)c(-c3ccc4c(c3)-c3c(ccc5ncoc35)C4(C)C)c(B)c(B)c1n2-c1nc(-c2ccccc2)nc(-c2ccccc2)n1. The minimum absolute atomic E-state index is 0.159. The summed E-state index contributed by atoms with van der Waals surface area (Å²) in [5.41, 5.74) is 21.9. The van der Waals surface area contributed by atoms with E-state index in [0.717, 1.165) is 38.8 Å². The molecular formula is C43H36B7N5O. The van der Waals surface area contributed by atoms with Crippen molar-refractivity contribution in [1.82, 2.24) is 24.5 Å². The highest BCUT2D eigenvalue weighted by atomic mass is 16.3. The lowest BCUT2D eigenvalue weighted by Gasteiger charge is -2.22. The van der Waals surface area contributed by atoms with E-state index >= 15 is 0 Å². The predicted molar refractivity (Wildman–Crippen MR) is 253 cm³/mol. The summed E-state index contributed by atoms with van der Waals surface area (Å²) < 4.78 is 8.40. The van der Waals surface area contributed by atoms with Gasteiger partial charge in [-0.2, -0.15) is 9.97 Å². The lowest BCUT2D eigenvalue weighted by Crippen LogP contribution is -2.48. The number of hydrogen-bond donors (Lipinski definition) is 0. The minimum atomic E-state index is -0.159.